The van der Waals surface area contributed by atoms with Crippen LogP contribution in [0.25, 0.3) is 0 Å². The lowest BCUT2D eigenvalue weighted by molar-refractivity contribution is 0.330. The van der Waals surface area contributed by atoms with Crippen molar-refractivity contribution in [2.75, 3.05) is 33.3 Å². The zero-order chi connectivity index (χ0) is 13.7. The molecule has 0 spiro atoms. The van der Waals surface area contributed by atoms with Gasteiger partial charge in [-0.05, 0) is 52.4 Å². The maximum atomic E-state index is 5.70. The topological polar surface area (TPSA) is 24.5 Å². The molecule has 1 fully saturated rings. The molecule has 0 bridgehead atoms. The minimum atomic E-state index is 0.341. The van der Waals surface area contributed by atoms with Crippen molar-refractivity contribution in [1.82, 2.24) is 10.2 Å². The normalized spacial score (nSPS) is 21.5. The maximum absolute atomic E-state index is 5.70. The van der Waals surface area contributed by atoms with E-state index in [1.807, 2.05) is 13.0 Å². The van der Waals surface area contributed by atoms with Crippen LogP contribution >= 0.6 is 0 Å². The fourth-order valence-corrected chi connectivity index (χ4v) is 2.77. The van der Waals surface area contributed by atoms with E-state index in [2.05, 4.69) is 42.4 Å². The number of ether oxygens (including phenoxy) is 1. The molecule has 1 aromatic carbocycles. The van der Waals surface area contributed by atoms with E-state index in [9.17, 15) is 0 Å². The molecule has 1 saturated heterocycles. The molecule has 2 rings (SSSR count). The van der Waals surface area contributed by atoms with E-state index in [1.165, 1.54) is 25.1 Å². The van der Waals surface area contributed by atoms with Crippen LogP contribution in [0, 0.1) is 5.92 Å². The molecule has 19 heavy (non-hydrogen) atoms. The summed E-state index contributed by atoms with van der Waals surface area (Å²) in [5.74, 6) is 1.79. The largest absolute Gasteiger partial charge is 0.494 e. The number of benzene rings is 1. The second-order valence-corrected chi connectivity index (χ2v) is 5.52. The molecule has 3 nitrogen and oxygen atoms in total. The fourth-order valence-electron chi connectivity index (χ4n) is 2.77. The summed E-state index contributed by atoms with van der Waals surface area (Å²) in [6.45, 7) is 8.51. The summed E-state index contributed by atoms with van der Waals surface area (Å²) in [6, 6.07) is 8.67. The first-order valence-corrected chi connectivity index (χ1v) is 7.34. The lowest BCUT2D eigenvalue weighted by Gasteiger charge is -2.20. The van der Waals surface area contributed by atoms with E-state index in [0.717, 1.165) is 24.8 Å². The van der Waals surface area contributed by atoms with Crippen LogP contribution in [0.3, 0.4) is 0 Å². The van der Waals surface area contributed by atoms with Gasteiger partial charge in [-0.3, -0.25) is 0 Å². The Hall–Kier alpha value is -1.06. The highest BCUT2D eigenvalue weighted by Gasteiger charge is 2.20. The van der Waals surface area contributed by atoms with Crippen LogP contribution in [0.1, 0.15) is 31.9 Å². The zero-order valence-electron chi connectivity index (χ0n) is 12.4. The van der Waals surface area contributed by atoms with Gasteiger partial charge in [-0.15, -0.1) is 0 Å². The Kier molecular flexibility index (Phi) is 5.23. The second-order valence-electron chi connectivity index (χ2n) is 5.52. The molecule has 2 atom stereocenters. The summed E-state index contributed by atoms with van der Waals surface area (Å²) in [4.78, 5) is 2.41. The third-order valence-corrected chi connectivity index (χ3v) is 3.89. The van der Waals surface area contributed by atoms with E-state index >= 15 is 0 Å². The van der Waals surface area contributed by atoms with Crippen LogP contribution in [0.4, 0.5) is 0 Å². The quantitative estimate of drug-likeness (QED) is 0.853. The van der Waals surface area contributed by atoms with E-state index in [4.69, 9.17) is 4.74 Å². The number of likely N-dealkylation sites (tertiary alicyclic amines) is 1. The zero-order valence-corrected chi connectivity index (χ0v) is 12.4. The van der Waals surface area contributed by atoms with Gasteiger partial charge in [0.1, 0.15) is 5.75 Å². The van der Waals surface area contributed by atoms with Crippen molar-refractivity contribution in [3.05, 3.63) is 29.8 Å². The molecule has 0 aromatic heterocycles. The Balaban J connectivity index is 1.90. The van der Waals surface area contributed by atoms with Gasteiger partial charge in [0.2, 0.25) is 0 Å². The van der Waals surface area contributed by atoms with Gasteiger partial charge in [0.05, 0.1) is 6.61 Å². The lowest BCUT2D eigenvalue weighted by Crippen LogP contribution is -2.27. The van der Waals surface area contributed by atoms with Crippen molar-refractivity contribution in [1.29, 1.82) is 0 Å². The summed E-state index contributed by atoms with van der Waals surface area (Å²) < 4.78 is 5.70. The van der Waals surface area contributed by atoms with Crippen molar-refractivity contribution in [3.63, 3.8) is 0 Å². The van der Waals surface area contributed by atoms with E-state index < -0.39 is 0 Å². The number of nitrogens with zero attached hydrogens (tertiary/aromatic N) is 1. The average Bonchev–Trinajstić information content (AvgIpc) is 2.83. The highest BCUT2D eigenvalue weighted by Crippen LogP contribution is 2.25. The molecule has 0 radical (unpaired) electrons. The highest BCUT2D eigenvalue weighted by atomic mass is 16.5. The van der Waals surface area contributed by atoms with Gasteiger partial charge in [0.25, 0.3) is 0 Å². The van der Waals surface area contributed by atoms with Gasteiger partial charge in [-0.1, -0.05) is 18.2 Å². The van der Waals surface area contributed by atoms with E-state index in [0.29, 0.717) is 6.04 Å². The minimum Gasteiger partial charge on any atom is -0.494 e. The molecule has 0 amide bonds. The summed E-state index contributed by atoms with van der Waals surface area (Å²) in [7, 11) is 2.20. The van der Waals surface area contributed by atoms with Gasteiger partial charge in [0.15, 0.2) is 0 Å². The molecular formula is C16H26N2O. The summed E-state index contributed by atoms with van der Waals surface area (Å²) in [6.07, 6.45) is 1.31. The van der Waals surface area contributed by atoms with E-state index in [1.54, 1.807) is 0 Å². The van der Waals surface area contributed by atoms with Gasteiger partial charge in [-0.25, -0.2) is 0 Å². The van der Waals surface area contributed by atoms with Gasteiger partial charge >= 0.3 is 0 Å². The molecule has 1 aromatic rings. The van der Waals surface area contributed by atoms with Gasteiger partial charge < -0.3 is 15.0 Å². The fraction of sp³-hybridized carbons (Fsp3) is 0.625. The smallest absolute Gasteiger partial charge is 0.124 e. The number of hydrogen-bond acceptors (Lipinski definition) is 3. The third kappa shape index (κ3) is 3.95. The standard InChI is InChI=1S/C16H26N2O/c1-4-19-16-8-6-5-7-15(16)13(2)17-11-14-9-10-18(3)12-14/h5-8,13-14,17H,4,9-12H2,1-3H3. The molecular weight excluding hydrogens is 236 g/mol. The Morgan fingerprint density at radius 1 is 1.42 bits per heavy atom. The number of para-hydroxylation sites is 1. The summed E-state index contributed by atoms with van der Waals surface area (Å²) in [5, 5.41) is 3.65. The first kappa shape index (κ1) is 14.4. The first-order valence-electron chi connectivity index (χ1n) is 7.34. The van der Waals surface area contributed by atoms with Gasteiger partial charge in [0, 0.05) is 18.2 Å². The molecule has 0 saturated carbocycles. The number of rotatable bonds is 6. The monoisotopic (exact) mass is 262 g/mol. The second kappa shape index (κ2) is 6.92. The highest BCUT2D eigenvalue weighted by molar-refractivity contribution is 5.35. The lowest BCUT2D eigenvalue weighted by atomic mass is 10.0. The van der Waals surface area contributed by atoms with Crippen molar-refractivity contribution in [2.45, 2.75) is 26.3 Å². The average molecular weight is 262 g/mol. The molecule has 0 aliphatic carbocycles. The number of hydrogen-bond donors (Lipinski definition) is 1. The van der Waals surface area contributed by atoms with Crippen molar-refractivity contribution >= 4 is 0 Å². The Morgan fingerprint density at radius 3 is 2.89 bits per heavy atom. The molecule has 2 unspecified atom stereocenters. The summed E-state index contributed by atoms with van der Waals surface area (Å²) >= 11 is 0. The predicted molar refractivity (Wildman–Crippen MR) is 79.6 cm³/mol. The predicted octanol–water partition coefficient (Wildman–Crippen LogP) is 2.69. The molecule has 1 heterocycles. The maximum Gasteiger partial charge on any atom is 0.124 e. The van der Waals surface area contributed by atoms with Crippen LogP contribution in [-0.2, 0) is 0 Å². The van der Waals surface area contributed by atoms with Crippen LogP contribution in [0.5, 0.6) is 5.75 Å². The molecule has 3 heteroatoms. The molecule has 1 N–H and O–H groups in total. The van der Waals surface area contributed by atoms with Crippen LogP contribution < -0.4 is 10.1 Å². The van der Waals surface area contributed by atoms with Crippen molar-refractivity contribution in [3.8, 4) is 5.75 Å². The minimum absolute atomic E-state index is 0.341. The van der Waals surface area contributed by atoms with E-state index in [-0.39, 0.29) is 0 Å². The molecule has 1 aliphatic rings. The molecule has 1 aliphatic heterocycles. The van der Waals surface area contributed by atoms with Crippen LogP contribution in [-0.4, -0.2) is 38.2 Å². The van der Waals surface area contributed by atoms with Crippen molar-refractivity contribution < 1.29 is 4.74 Å². The van der Waals surface area contributed by atoms with Crippen LogP contribution in [0.15, 0.2) is 24.3 Å². The van der Waals surface area contributed by atoms with Crippen molar-refractivity contribution in [2.24, 2.45) is 5.92 Å². The number of nitrogens with one attached hydrogen (secondary N) is 1. The SMILES string of the molecule is CCOc1ccccc1C(C)NCC1CCN(C)C1. The van der Waals surface area contributed by atoms with Gasteiger partial charge in [-0.2, -0.15) is 0 Å². The first-order chi connectivity index (χ1) is 9.20. The third-order valence-electron chi connectivity index (χ3n) is 3.89. The Bertz CT molecular complexity index is 394. The molecule has 106 valence electrons. The van der Waals surface area contributed by atoms with Crippen LogP contribution in [0.2, 0.25) is 0 Å². The summed E-state index contributed by atoms with van der Waals surface area (Å²) in [5.41, 5.74) is 1.26. The Labute approximate surface area is 116 Å². The Morgan fingerprint density at radius 2 is 2.21 bits per heavy atom.